The van der Waals surface area contributed by atoms with Gasteiger partial charge in [0.1, 0.15) is 0 Å². The zero-order valence-electron chi connectivity index (χ0n) is 11.1. The molecule has 1 N–H and O–H groups in total. The first-order valence-corrected chi connectivity index (χ1v) is 7.02. The molecule has 1 unspecified atom stereocenters. The van der Waals surface area contributed by atoms with E-state index in [2.05, 4.69) is 26.1 Å². The van der Waals surface area contributed by atoms with Gasteiger partial charge >= 0.3 is 0 Å². The molecule has 1 atom stereocenters. The van der Waals surface area contributed by atoms with Crippen molar-refractivity contribution in [3.8, 4) is 0 Å². The van der Waals surface area contributed by atoms with Crippen molar-refractivity contribution in [2.75, 3.05) is 13.1 Å². The molecule has 0 aliphatic rings. The van der Waals surface area contributed by atoms with Crippen LogP contribution in [0.25, 0.3) is 0 Å². The predicted molar refractivity (Wildman–Crippen MR) is 70.3 cm³/mol. The Morgan fingerprint density at radius 2 is 1.53 bits per heavy atom. The van der Waals surface area contributed by atoms with Crippen molar-refractivity contribution >= 4 is 0 Å². The molecule has 0 aromatic carbocycles. The number of hydrogen-bond donors (Lipinski definition) is 1. The lowest BCUT2D eigenvalue weighted by molar-refractivity contribution is 0.443. The topological polar surface area (TPSA) is 12.0 Å². The van der Waals surface area contributed by atoms with E-state index in [1.807, 2.05) is 0 Å². The molecule has 0 amide bonds. The zero-order valence-corrected chi connectivity index (χ0v) is 11.1. The second-order valence-electron chi connectivity index (χ2n) is 4.85. The van der Waals surface area contributed by atoms with Gasteiger partial charge in [-0.2, -0.15) is 0 Å². The van der Waals surface area contributed by atoms with Crippen molar-refractivity contribution in [1.82, 2.24) is 5.32 Å². The average molecular weight is 213 g/mol. The fourth-order valence-electron chi connectivity index (χ4n) is 1.89. The van der Waals surface area contributed by atoms with Crippen LogP contribution in [0.2, 0.25) is 0 Å². The van der Waals surface area contributed by atoms with Gasteiger partial charge in [0.25, 0.3) is 0 Å². The first-order chi connectivity index (χ1) is 7.31. The molecule has 15 heavy (non-hydrogen) atoms. The molecule has 0 rings (SSSR count). The Labute approximate surface area is 97.0 Å². The minimum atomic E-state index is 0.913. The SMILES string of the molecule is CCCCCCCC(C)CCNCCC. The maximum atomic E-state index is 3.48. The Balaban J connectivity index is 3.08. The molecular weight excluding hydrogens is 182 g/mol. The van der Waals surface area contributed by atoms with Crippen LogP contribution in [0.4, 0.5) is 0 Å². The van der Waals surface area contributed by atoms with E-state index in [4.69, 9.17) is 0 Å². The smallest absolute Gasteiger partial charge is 0.00464 e. The minimum Gasteiger partial charge on any atom is -0.317 e. The summed E-state index contributed by atoms with van der Waals surface area (Å²) in [6, 6.07) is 0. The summed E-state index contributed by atoms with van der Waals surface area (Å²) < 4.78 is 0. The molecule has 0 aliphatic heterocycles. The summed E-state index contributed by atoms with van der Waals surface area (Å²) in [5.74, 6) is 0.913. The van der Waals surface area contributed by atoms with Gasteiger partial charge in [0.15, 0.2) is 0 Å². The van der Waals surface area contributed by atoms with E-state index in [1.54, 1.807) is 0 Å². The first kappa shape index (κ1) is 15.0. The molecule has 0 aromatic rings. The maximum Gasteiger partial charge on any atom is -0.00464 e. The van der Waals surface area contributed by atoms with E-state index < -0.39 is 0 Å². The summed E-state index contributed by atoms with van der Waals surface area (Å²) in [4.78, 5) is 0. The van der Waals surface area contributed by atoms with Crippen LogP contribution >= 0.6 is 0 Å². The third-order valence-electron chi connectivity index (χ3n) is 3.04. The van der Waals surface area contributed by atoms with Gasteiger partial charge in [0.2, 0.25) is 0 Å². The lowest BCUT2D eigenvalue weighted by Crippen LogP contribution is -2.18. The van der Waals surface area contributed by atoms with Crippen molar-refractivity contribution in [2.45, 2.75) is 72.1 Å². The molecule has 1 heteroatoms. The molecule has 0 saturated heterocycles. The third-order valence-corrected chi connectivity index (χ3v) is 3.04. The highest BCUT2D eigenvalue weighted by Gasteiger charge is 2.00. The zero-order chi connectivity index (χ0) is 11.4. The summed E-state index contributed by atoms with van der Waals surface area (Å²) in [5, 5.41) is 3.48. The van der Waals surface area contributed by atoms with E-state index in [-0.39, 0.29) is 0 Å². The van der Waals surface area contributed by atoms with Crippen molar-refractivity contribution in [3.05, 3.63) is 0 Å². The Morgan fingerprint density at radius 3 is 2.20 bits per heavy atom. The monoisotopic (exact) mass is 213 g/mol. The lowest BCUT2D eigenvalue weighted by atomic mass is 9.99. The summed E-state index contributed by atoms with van der Waals surface area (Å²) in [6.07, 6.45) is 11.1. The standard InChI is InChI=1S/C14H31N/c1-4-6-7-8-9-10-14(3)11-13-15-12-5-2/h14-15H,4-13H2,1-3H3. The summed E-state index contributed by atoms with van der Waals surface area (Å²) in [7, 11) is 0. The van der Waals surface area contributed by atoms with Crippen LogP contribution in [0.3, 0.4) is 0 Å². The second kappa shape index (κ2) is 12.0. The normalized spacial score (nSPS) is 13.0. The summed E-state index contributed by atoms with van der Waals surface area (Å²) >= 11 is 0. The molecule has 0 aliphatic carbocycles. The number of nitrogens with one attached hydrogen (secondary N) is 1. The van der Waals surface area contributed by atoms with Crippen molar-refractivity contribution in [1.29, 1.82) is 0 Å². The lowest BCUT2D eigenvalue weighted by Gasteiger charge is -2.11. The van der Waals surface area contributed by atoms with Gasteiger partial charge < -0.3 is 5.32 Å². The summed E-state index contributed by atoms with van der Waals surface area (Å²) in [5.41, 5.74) is 0. The highest BCUT2D eigenvalue weighted by Crippen LogP contribution is 2.13. The highest BCUT2D eigenvalue weighted by atomic mass is 14.8. The molecule has 0 aromatic heterocycles. The van der Waals surface area contributed by atoms with Gasteiger partial charge in [-0.15, -0.1) is 0 Å². The van der Waals surface area contributed by atoms with Gasteiger partial charge in [0, 0.05) is 0 Å². The Bertz CT molecular complexity index is 112. The molecule has 0 bridgehead atoms. The number of unbranched alkanes of at least 4 members (excludes halogenated alkanes) is 4. The Kier molecular flexibility index (Phi) is 12.0. The molecule has 92 valence electrons. The third kappa shape index (κ3) is 11.9. The van der Waals surface area contributed by atoms with E-state index in [9.17, 15) is 0 Å². The molecule has 0 heterocycles. The summed E-state index contributed by atoms with van der Waals surface area (Å²) in [6.45, 7) is 9.30. The first-order valence-electron chi connectivity index (χ1n) is 7.02. The van der Waals surface area contributed by atoms with Gasteiger partial charge in [-0.3, -0.25) is 0 Å². The molecular formula is C14H31N. The van der Waals surface area contributed by atoms with Crippen molar-refractivity contribution in [2.24, 2.45) is 5.92 Å². The van der Waals surface area contributed by atoms with Crippen LogP contribution in [0.15, 0.2) is 0 Å². The van der Waals surface area contributed by atoms with Crippen LogP contribution in [-0.4, -0.2) is 13.1 Å². The van der Waals surface area contributed by atoms with E-state index in [1.165, 1.54) is 64.5 Å². The minimum absolute atomic E-state index is 0.913. The van der Waals surface area contributed by atoms with E-state index >= 15 is 0 Å². The predicted octanol–water partition coefficient (Wildman–Crippen LogP) is 4.37. The molecule has 0 saturated carbocycles. The quantitative estimate of drug-likeness (QED) is 0.502. The average Bonchev–Trinajstić information content (AvgIpc) is 2.24. The van der Waals surface area contributed by atoms with Gasteiger partial charge in [-0.05, 0) is 31.8 Å². The van der Waals surface area contributed by atoms with Crippen molar-refractivity contribution in [3.63, 3.8) is 0 Å². The Hall–Kier alpha value is -0.0400. The van der Waals surface area contributed by atoms with Crippen LogP contribution in [0.1, 0.15) is 72.1 Å². The fourth-order valence-corrected chi connectivity index (χ4v) is 1.89. The molecule has 1 nitrogen and oxygen atoms in total. The number of hydrogen-bond acceptors (Lipinski definition) is 1. The maximum absolute atomic E-state index is 3.48. The van der Waals surface area contributed by atoms with Gasteiger partial charge in [0.05, 0.1) is 0 Å². The molecule has 0 spiro atoms. The van der Waals surface area contributed by atoms with Gasteiger partial charge in [-0.25, -0.2) is 0 Å². The van der Waals surface area contributed by atoms with E-state index in [0.717, 1.165) is 5.92 Å². The fraction of sp³-hybridized carbons (Fsp3) is 1.00. The van der Waals surface area contributed by atoms with Crippen molar-refractivity contribution < 1.29 is 0 Å². The van der Waals surface area contributed by atoms with Gasteiger partial charge in [-0.1, -0.05) is 59.3 Å². The van der Waals surface area contributed by atoms with E-state index in [0.29, 0.717) is 0 Å². The number of rotatable bonds is 11. The Morgan fingerprint density at radius 1 is 0.800 bits per heavy atom. The molecule has 0 radical (unpaired) electrons. The van der Waals surface area contributed by atoms with Crippen LogP contribution in [0.5, 0.6) is 0 Å². The second-order valence-corrected chi connectivity index (χ2v) is 4.85. The molecule has 0 fully saturated rings. The van der Waals surface area contributed by atoms with Crippen LogP contribution in [0, 0.1) is 5.92 Å². The van der Waals surface area contributed by atoms with Crippen LogP contribution in [-0.2, 0) is 0 Å². The largest absolute Gasteiger partial charge is 0.317 e. The van der Waals surface area contributed by atoms with Crippen LogP contribution < -0.4 is 5.32 Å². The highest BCUT2D eigenvalue weighted by molar-refractivity contribution is 4.56.